The lowest BCUT2D eigenvalue weighted by Crippen LogP contribution is -3.15. The Hall–Kier alpha value is -1.59. The number of quaternary nitrogens is 1. The number of ether oxygens (including phenoxy) is 2. The average molecular weight is 305 g/mol. The van der Waals surface area contributed by atoms with Gasteiger partial charge in [0, 0.05) is 12.0 Å². The number of amides is 1. The van der Waals surface area contributed by atoms with E-state index in [9.17, 15) is 4.79 Å². The van der Waals surface area contributed by atoms with Gasteiger partial charge in [-0.05, 0) is 32.4 Å². The first kappa shape index (κ1) is 15.3. The first-order valence-electron chi connectivity index (χ1n) is 7.97. The zero-order valence-electron chi connectivity index (χ0n) is 13.6. The second kappa shape index (κ2) is 5.89. The quantitative estimate of drug-likeness (QED) is 0.858. The first-order valence-corrected chi connectivity index (χ1v) is 7.97. The minimum absolute atomic E-state index is 0.0382. The monoisotopic (exact) mass is 305 g/mol. The van der Waals surface area contributed by atoms with Crippen LogP contribution in [-0.2, 0) is 16.0 Å². The lowest BCUT2D eigenvalue weighted by atomic mass is 9.98. The zero-order valence-corrected chi connectivity index (χ0v) is 13.6. The molecule has 0 spiro atoms. The van der Waals surface area contributed by atoms with E-state index in [4.69, 9.17) is 9.47 Å². The van der Waals surface area contributed by atoms with E-state index >= 15 is 0 Å². The van der Waals surface area contributed by atoms with Gasteiger partial charge in [0.25, 0.3) is 5.91 Å². The summed E-state index contributed by atoms with van der Waals surface area (Å²) in [6.07, 6.45) is 0.882. The standard InChI is InChI=1S/C17H24N2O3/c1-12-4-5-14(16-13(12)10-17(2,3)22-16)18-15(20)11-19-6-8-21-9-7-19/h4-5H,6-11H2,1-3H3,(H,18,20)/p+1. The van der Waals surface area contributed by atoms with Crippen molar-refractivity contribution in [1.29, 1.82) is 0 Å². The predicted molar refractivity (Wildman–Crippen MR) is 84.6 cm³/mol. The highest BCUT2D eigenvalue weighted by Crippen LogP contribution is 2.42. The smallest absolute Gasteiger partial charge is 0.279 e. The van der Waals surface area contributed by atoms with Crippen molar-refractivity contribution in [3.63, 3.8) is 0 Å². The molecule has 2 aliphatic rings. The maximum absolute atomic E-state index is 12.3. The Bertz CT molecular complexity index is 578. The SMILES string of the molecule is Cc1ccc(NC(=O)C[NH+]2CCOCC2)c2c1CC(C)(C)O2. The largest absolute Gasteiger partial charge is 0.485 e. The normalized spacial score (nSPS) is 20.3. The molecule has 1 fully saturated rings. The molecule has 0 aromatic heterocycles. The van der Waals surface area contributed by atoms with Gasteiger partial charge in [-0.15, -0.1) is 0 Å². The summed E-state index contributed by atoms with van der Waals surface area (Å²) in [5.74, 6) is 0.881. The Morgan fingerprint density at radius 1 is 1.32 bits per heavy atom. The first-order chi connectivity index (χ1) is 10.4. The molecule has 0 unspecified atom stereocenters. The maximum atomic E-state index is 12.3. The lowest BCUT2D eigenvalue weighted by Gasteiger charge is -2.23. The van der Waals surface area contributed by atoms with E-state index in [0.717, 1.165) is 44.2 Å². The average Bonchev–Trinajstić information content (AvgIpc) is 2.80. The Kier molecular flexibility index (Phi) is 4.10. The molecule has 1 aromatic rings. The Morgan fingerprint density at radius 2 is 2.05 bits per heavy atom. The number of morpholine rings is 1. The number of aryl methyl sites for hydroxylation is 1. The van der Waals surface area contributed by atoms with Crippen molar-refractivity contribution in [2.24, 2.45) is 0 Å². The maximum Gasteiger partial charge on any atom is 0.279 e. The van der Waals surface area contributed by atoms with Crippen LogP contribution < -0.4 is 15.0 Å². The fraction of sp³-hybridized carbons (Fsp3) is 0.588. The van der Waals surface area contributed by atoms with E-state index in [1.807, 2.05) is 6.07 Å². The van der Waals surface area contributed by atoms with Crippen molar-refractivity contribution in [3.8, 4) is 5.75 Å². The lowest BCUT2D eigenvalue weighted by molar-refractivity contribution is -0.899. The Balaban J connectivity index is 1.71. The highest BCUT2D eigenvalue weighted by molar-refractivity contribution is 5.93. The summed E-state index contributed by atoms with van der Waals surface area (Å²) in [5.41, 5.74) is 3.02. The van der Waals surface area contributed by atoms with Gasteiger partial charge in [-0.2, -0.15) is 0 Å². The molecule has 2 N–H and O–H groups in total. The summed E-state index contributed by atoms with van der Waals surface area (Å²) in [7, 11) is 0. The second-order valence-corrected chi connectivity index (χ2v) is 6.86. The zero-order chi connectivity index (χ0) is 15.7. The Labute approximate surface area is 131 Å². The van der Waals surface area contributed by atoms with Gasteiger partial charge in [-0.3, -0.25) is 4.79 Å². The van der Waals surface area contributed by atoms with Gasteiger partial charge in [0.15, 0.2) is 6.54 Å². The molecule has 0 saturated carbocycles. The molecule has 1 aromatic carbocycles. The van der Waals surface area contributed by atoms with E-state index in [0.29, 0.717) is 6.54 Å². The van der Waals surface area contributed by atoms with Gasteiger partial charge in [-0.25, -0.2) is 0 Å². The second-order valence-electron chi connectivity index (χ2n) is 6.86. The molecule has 0 bridgehead atoms. The van der Waals surface area contributed by atoms with Gasteiger partial charge in [0.1, 0.15) is 24.4 Å². The molecule has 1 saturated heterocycles. The van der Waals surface area contributed by atoms with E-state index in [-0.39, 0.29) is 11.5 Å². The van der Waals surface area contributed by atoms with Crippen LogP contribution in [0.5, 0.6) is 5.75 Å². The van der Waals surface area contributed by atoms with Crippen LogP contribution in [0.4, 0.5) is 5.69 Å². The fourth-order valence-electron chi connectivity index (χ4n) is 3.16. The van der Waals surface area contributed by atoms with Crippen LogP contribution in [0.1, 0.15) is 25.0 Å². The Morgan fingerprint density at radius 3 is 2.77 bits per heavy atom. The highest BCUT2D eigenvalue weighted by atomic mass is 16.5. The van der Waals surface area contributed by atoms with Gasteiger partial charge < -0.3 is 19.7 Å². The summed E-state index contributed by atoms with van der Waals surface area (Å²) in [4.78, 5) is 13.6. The number of benzene rings is 1. The van der Waals surface area contributed by atoms with E-state index in [1.54, 1.807) is 0 Å². The molecule has 2 heterocycles. The third-order valence-corrected chi connectivity index (χ3v) is 4.36. The molecule has 0 atom stereocenters. The summed E-state index contributed by atoms with van der Waals surface area (Å²) in [6.45, 7) is 9.99. The number of rotatable bonds is 3. The van der Waals surface area contributed by atoms with Crippen molar-refractivity contribution >= 4 is 11.6 Å². The van der Waals surface area contributed by atoms with Crippen molar-refractivity contribution in [3.05, 3.63) is 23.3 Å². The van der Waals surface area contributed by atoms with Crippen LogP contribution >= 0.6 is 0 Å². The molecule has 0 aliphatic carbocycles. The van der Waals surface area contributed by atoms with Gasteiger partial charge in [-0.1, -0.05) is 6.07 Å². The number of fused-ring (bicyclic) bond motifs is 1. The molecular formula is C17H25N2O3+. The van der Waals surface area contributed by atoms with Crippen LogP contribution in [0.3, 0.4) is 0 Å². The number of hydrogen-bond donors (Lipinski definition) is 2. The molecule has 5 heteroatoms. The van der Waals surface area contributed by atoms with Gasteiger partial charge in [0.05, 0.1) is 18.9 Å². The summed E-state index contributed by atoms with van der Waals surface area (Å²) in [5, 5.41) is 3.03. The van der Waals surface area contributed by atoms with Gasteiger partial charge in [0.2, 0.25) is 0 Å². The van der Waals surface area contributed by atoms with Crippen LogP contribution in [0.15, 0.2) is 12.1 Å². The van der Waals surface area contributed by atoms with Crippen molar-refractivity contribution < 1.29 is 19.2 Å². The highest BCUT2D eigenvalue weighted by Gasteiger charge is 2.33. The molecule has 1 amide bonds. The van der Waals surface area contributed by atoms with Crippen LogP contribution in [0.25, 0.3) is 0 Å². The van der Waals surface area contributed by atoms with Crippen molar-refractivity contribution in [2.45, 2.75) is 32.8 Å². The topological polar surface area (TPSA) is 52.0 Å². The third kappa shape index (κ3) is 3.25. The number of carbonyl (C=O) groups excluding carboxylic acids is 1. The van der Waals surface area contributed by atoms with Crippen LogP contribution in [0, 0.1) is 6.92 Å². The molecule has 2 aliphatic heterocycles. The molecule has 3 rings (SSSR count). The number of hydrogen-bond acceptors (Lipinski definition) is 3. The van der Waals surface area contributed by atoms with E-state index in [2.05, 4.69) is 32.2 Å². The minimum atomic E-state index is -0.205. The fourth-order valence-corrected chi connectivity index (χ4v) is 3.16. The predicted octanol–water partition coefficient (Wildman–Crippen LogP) is 0.562. The van der Waals surface area contributed by atoms with Crippen molar-refractivity contribution in [2.75, 3.05) is 38.2 Å². The van der Waals surface area contributed by atoms with Crippen LogP contribution in [0.2, 0.25) is 0 Å². The number of nitrogens with one attached hydrogen (secondary N) is 2. The molecule has 120 valence electrons. The molecule has 5 nitrogen and oxygen atoms in total. The molecule has 0 radical (unpaired) electrons. The summed E-state index contributed by atoms with van der Waals surface area (Å²) in [6, 6.07) is 4.00. The molecule has 22 heavy (non-hydrogen) atoms. The number of anilines is 1. The van der Waals surface area contributed by atoms with Gasteiger partial charge >= 0.3 is 0 Å². The molecular weight excluding hydrogens is 280 g/mol. The summed E-state index contributed by atoms with van der Waals surface area (Å²) >= 11 is 0. The van der Waals surface area contributed by atoms with Crippen molar-refractivity contribution in [1.82, 2.24) is 0 Å². The minimum Gasteiger partial charge on any atom is -0.485 e. The van der Waals surface area contributed by atoms with E-state index in [1.165, 1.54) is 16.0 Å². The van der Waals surface area contributed by atoms with Crippen LogP contribution in [-0.4, -0.2) is 44.4 Å². The third-order valence-electron chi connectivity index (χ3n) is 4.36. The number of carbonyl (C=O) groups is 1. The van der Waals surface area contributed by atoms with E-state index < -0.39 is 0 Å². The summed E-state index contributed by atoms with van der Waals surface area (Å²) < 4.78 is 11.4.